The van der Waals surface area contributed by atoms with Gasteiger partial charge in [-0.3, -0.25) is 4.79 Å². The predicted octanol–water partition coefficient (Wildman–Crippen LogP) is 4.37. The molecule has 3 rings (SSSR count). The Morgan fingerprint density at radius 2 is 2.16 bits per heavy atom. The number of rotatable bonds is 4. The number of hydrogen-bond acceptors (Lipinski definition) is 4. The standard InChI is InChI=1S/C16H17Cl2N3OS.2ClH/c17-10-3-4-13(14(18)6-10)16-21-12(9-23-16)7-15(22)20-11-2-1-5-19-8-11;;/h3-4,6,9,11,19H,1-2,5,7-8H2,(H,20,22);2*1H/t11-;;/m0../s1. The van der Waals surface area contributed by atoms with Crippen molar-refractivity contribution in [3.8, 4) is 10.6 Å². The first-order valence-corrected chi connectivity index (χ1v) is 9.15. The van der Waals surface area contributed by atoms with Gasteiger partial charge in [0, 0.05) is 28.6 Å². The van der Waals surface area contributed by atoms with Gasteiger partial charge in [-0.1, -0.05) is 23.2 Å². The third-order valence-corrected chi connectivity index (χ3v) is 5.19. The number of hydrogen-bond donors (Lipinski definition) is 2. The molecule has 0 saturated carbocycles. The molecule has 1 fully saturated rings. The van der Waals surface area contributed by atoms with Gasteiger partial charge in [-0.25, -0.2) is 4.98 Å². The number of piperidine rings is 1. The van der Waals surface area contributed by atoms with Crippen LogP contribution in [0.1, 0.15) is 18.5 Å². The molecule has 2 N–H and O–H groups in total. The van der Waals surface area contributed by atoms with E-state index in [4.69, 9.17) is 23.2 Å². The highest BCUT2D eigenvalue weighted by molar-refractivity contribution is 7.13. The highest BCUT2D eigenvalue weighted by Gasteiger charge is 2.17. The van der Waals surface area contributed by atoms with Crippen molar-refractivity contribution >= 4 is 65.3 Å². The molecule has 0 bridgehead atoms. The van der Waals surface area contributed by atoms with Crippen LogP contribution >= 0.6 is 59.4 Å². The number of benzene rings is 1. The van der Waals surface area contributed by atoms with Crippen molar-refractivity contribution in [2.45, 2.75) is 25.3 Å². The fourth-order valence-electron chi connectivity index (χ4n) is 2.59. The molecule has 0 aliphatic carbocycles. The lowest BCUT2D eigenvalue weighted by atomic mass is 10.1. The number of nitrogens with one attached hydrogen (secondary N) is 2. The summed E-state index contributed by atoms with van der Waals surface area (Å²) in [5.74, 6) is 0.0118. The van der Waals surface area contributed by atoms with Crippen LogP contribution in [0.2, 0.25) is 10.0 Å². The first kappa shape index (κ1) is 22.5. The van der Waals surface area contributed by atoms with E-state index in [9.17, 15) is 4.79 Å². The summed E-state index contributed by atoms with van der Waals surface area (Å²) < 4.78 is 0. The van der Waals surface area contributed by atoms with E-state index in [1.165, 1.54) is 11.3 Å². The maximum absolute atomic E-state index is 12.1. The van der Waals surface area contributed by atoms with Crippen LogP contribution in [0.3, 0.4) is 0 Å². The molecule has 1 aliphatic rings. The average molecular weight is 443 g/mol. The highest BCUT2D eigenvalue weighted by atomic mass is 35.5. The lowest BCUT2D eigenvalue weighted by Gasteiger charge is -2.23. The van der Waals surface area contributed by atoms with Crippen LogP contribution in [0.25, 0.3) is 10.6 Å². The molecular formula is C16H19Cl4N3OS. The molecule has 25 heavy (non-hydrogen) atoms. The monoisotopic (exact) mass is 441 g/mol. The van der Waals surface area contributed by atoms with E-state index in [0.29, 0.717) is 10.0 Å². The summed E-state index contributed by atoms with van der Waals surface area (Å²) >= 11 is 13.6. The molecular weight excluding hydrogens is 424 g/mol. The Morgan fingerprint density at radius 1 is 1.36 bits per heavy atom. The molecule has 1 aromatic carbocycles. The van der Waals surface area contributed by atoms with Gasteiger partial charge in [0.05, 0.1) is 17.1 Å². The van der Waals surface area contributed by atoms with Crippen molar-refractivity contribution in [3.63, 3.8) is 0 Å². The minimum atomic E-state index is 0. The van der Waals surface area contributed by atoms with E-state index in [1.807, 2.05) is 11.4 Å². The van der Waals surface area contributed by atoms with Crippen LogP contribution in [0, 0.1) is 0 Å². The minimum Gasteiger partial charge on any atom is -0.352 e. The Balaban J connectivity index is 0.00000156. The second kappa shape index (κ2) is 10.6. The molecule has 9 heteroatoms. The molecule has 1 aliphatic heterocycles. The fraction of sp³-hybridized carbons (Fsp3) is 0.375. The van der Waals surface area contributed by atoms with Gasteiger partial charge in [-0.05, 0) is 37.6 Å². The summed E-state index contributed by atoms with van der Waals surface area (Å²) in [5, 5.41) is 10.2. The van der Waals surface area contributed by atoms with Crippen LogP contribution in [0.4, 0.5) is 0 Å². The SMILES string of the molecule is Cl.Cl.O=C(Cc1csc(-c2ccc(Cl)cc2Cl)n1)N[C@H]1CCCNC1. The van der Waals surface area contributed by atoms with E-state index in [2.05, 4.69) is 15.6 Å². The maximum atomic E-state index is 12.1. The summed E-state index contributed by atoms with van der Waals surface area (Å²) in [6.45, 7) is 1.87. The molecule has 0 radical (unpaired) electrons. The van der Waals surface area contributed by atoms with Crippen LogP contribution < -0.4 is 10.6 Å². The number of thiazole rings is 1. The van der Waals surface area contributed by atoms with E-state index in [-0.39, 0.29) is 43.2 Å². The normalized spacial score (nSPS) is 16.5. The summed E-state index contributed by atoms with van der Waals surface area (Å²) in [7, 11) is 0. The van der Waals surface area contributed by atoms with Gasteiger partial charge in [0.2, 0.25) is 5.91 Å². The maximum Gasteiger partial charge on any atom is 0.226 e. The first-order chi connectivity index (χ1) is 11.1. The Hall–Kier alpha value is -0.560. The zero-order valence-electron chi connectivity index (χ0n) is 13.3. The first-order valence-electron chi connectivity index (χ1n) is 7.52. The van der Waals surface area contributed by atoms with Crippen molar-refractivity contribution < 1.29 is 4.79 Å². The number of carbonyl (C=O) groups excluding carboxylic acids is 1. The Labute approximate surface area is 173 Å². The third kappa shape index (κ3) is 6.27. The molecule has 138 valence electrons. The smallest absolute Gasteiger partial charge is 0.226 e. The topological polar surface area (TPSA) is 54.0 Å². The fourth-order valence-corrected chi connectivity index (χ4v) is 4.01. The lowest BCUT2D eigenvalue weighted by molar-refractivity contribution is -0.121. The largest absolute Gasteiger partial charge is 0.352 e. The Bertz CT molecular complexity index is 704. The van der Waals surface area contributed by atoms with Gasteiger partial charge < -0.3 is 10.6 Å². The average Bonchev–Trinajstić information content (AvgIpc) is 2.96. The van der Waals surface area contributed by atoms with E-state index in [0.717, 1.165) is 42.2 Å². The highest BCUT2D eigenvalue weighted by Crippen LogP contribution is 2.32. The Morgan fingerprint density at radius 3 is 2.84 bits per heavy atom. The van der Waals surface area contributed by atoms with Crippen molar-refractivity contribution in [2.75, 3.05) is 13.1 Å². The lowest BCUT2D eigenvalue weighted by Crippen LogP contribution is -2.46. The van der Waals surface area contributed by atoms with Crippen molar-refractivity contribution in [1.29, 1.82) is 0 Å². The summed E-state index contributed by atoms with van der Waals surface area (Å²) in [6, 6.07) is 5.55. The Kier molecular flexibility index (Phi) is 9.49. The van der Waals surface area contributed by atoms with Gasteiger partial charge in [0.15, 0.2) is 0 Å². The van der Waals surface area contributed by atoms with Crippen LogP contribution in [-0.2, 0) is 11.2 Å². The van der Waals surface area contributed by atoms with Crippen LogP contribution in [-0.4, -0.2) is 30.0 Å². The summed E-state index contributed by atoms with van der Waals surface area (Å²) in [5.41, 5.74) is 1.60. The number of carbonyl (C=O) groups is 1. The van der Waals surface area contributed by atoms with Crippen molar-refractivity contribution in [2.24, 2.45) is 0 Å². The second-order valence-corrected chi connectivity index (χ2v) is 7.26. The quantitative estimate of drug-likeness (QED) is 0.738. The predicted molar refractivity (Wildman–Crippen MR) is 110 cm³/mol. The van der Waals surface area contributed by atoms with E-state index in [1.54, 1.807) is 12.1 Å². The molecule has 1 amide bonds. The summed E-state index contributed by atoms with van der Waals surface area (Å²) in [4.78, 5) is 16.6. The van der Waals surface area contributed by atoms with Gasteiger partial charge >= 0.3 is 0 Å². The zero-order chi connectivity index (χ0) is 16.2. The third-order valence-electron chi connectivity index (χ3n) is 3.72. The number of aromatic nitrogens is 1. The molecule has 1 atom stereocenters. The second-order valence-electron chi connectivity index (χ2n) is 5.56. The van der Waals surface area contributed by atoms with Gasteiger partial charge in [0.1, 0.15) is 5.01 Å². The zero-order valence-corrected chi connectivity index (χ0v) is 17.2. The van der Waals surface area contributed by atoms with Crippen molar-refractivity contribution in [1.82, 2.24) is 15.6 Å². The number of amides is 1. The van der Waals surface area contributed by atoms with E-state index >= 15 is 0 Å². The molecule has 4 nitrogen and oxygen atoms in total. The molecule has 1 aromatic heterocycles. The molecule has 1 saturated heterocycles. The van der Waals surface area contributed by atoms with Gasteiger partial charge in [0.25, 0.3) is 0 Å². The molecule has 0 spiro atoms. The van der Waals surface area contributed by atoms with Gasteiger partial charge in [-0.15, -0.1) is 36.2 Å². The van der Waals surface area contributed by atoms with E-state index < -0.39 is 0 Å². The summed E-state index contributed by atoms with van der Waals surface area (Å²) in [6.07, 6.45) is 2.42. The number of halogens is 4. The molecule has 2 heterocycles. The molecule has 2 aromatic rings. The molecule has 0 unspecified atom stereocenters. The van der Waals surface area contributed by atoms with Crippen molar-refractivity contribution in [3.05, 3.63) is 39.3 Å². The minimum absolute atomic E-state index is 0. The van der Waals surface area contributed by atoms with Crippen LogP contribution in [0.5, 0.6) is 0 Å². The van der Waals surface area contributed by atoms with Crippen LogP contribution in [0.15, 0.2) is 23.6 Å². The van der Waals surface area contributed by atoms with Gasteiger partial charge in [-0.2, -0.15) is 0 Å². The number of nitrogens with zero attached hydrogens (tertiary/aromatic N) is 1.